The zero-order valence-electron chi connectivity index (χ0n) is 12.4. The minimum Gasteiger partial charge on any atom is -0.335 e. The van der Waals surface area contributed by atoms with Crippen molar-refractivity contribution in [1.29, 1.82) is 0 Å². The van der Waals surface area contributed by atoms with Gasteiger partial charge in [0.05, 0.1) is 0 Å². The lowest BCUT2D eigenvalue weighted by Crippen LogP contribution is -2.25. The van der Waals surface area contributed by atoms with Gasteiger partial charge in [-0.15, -0.1) is 0 Å². The van der Waals surface area contributed by atoms with E-state index in [1.807, 2.05) is 6.20 Å². The monoisotopic (exact) mass is 461 g/mol. The second kappa shape index (κ2) is 8.29. The van der Waals surface area contributed by atoms with E-state index in [0.29, 0.717) is 0 Å². The minimum atomic E-state index is 0.279. The van der Waals surface area contributed by atoms with E-state index >= 15 is 0 Å². The molecule has 0 bridgehead atoms. The maximum absolute atomic E-state index is 4.52. The van der Waals surface area contributed by atoms with Gasteiger partial charge in [-0.05, 0) is 66.2 Å². The summed E-state index contributed by atoms with van der Waals surface area (Å²) in [6.45, 7) is 6.32. The third-order valence-corrected chi connectivity index (χ3v) is 4.90. The van der Waals surface area contributed by atoms with Crippen molar-refractivity contribution in [2.75, 3.05) is 6.54 Å². The molecule has 0 aliphatic rings. The molecule has 1 aromatic heterocycles. The summed E-state index contributed by atoms with van der Waals surface area (Å²) in [4.78, 5) is 4.52. The number of hydrogen-bond donors (Lipinski definition) is 1. The van der Waals surface area contributed by atoms with E-state index in [1.165, 1.54) is 9.13 Å². The summed E-state index contributed by atoms with van der Waals surface area (Å²) in [5, 5.41) is 3.66. The summed E-state index contributed by atoms with van der Waals surface area (Å²) in [5.74, 6) is 1.14. The van der Waals surface area contributed by atoms with Crippen LogP contribution >= 0.6 is 38.5 Å². The number of nitrogens with one attached hydrogen (secondary N) is 1. The summed E-state index contributed by atoms with van der Waals surface area (Å²) in [6, 6.07) is 6.78. The predicted octanol–water partition coefficient (Wildman–Crippen LogP) is 4.55. The molecule has 0 amide bonds. The van der Waals surface area contributed by atoms with E-state index in [1.54, 1.807) is 0 Å². The minimum absolute atomic E-state index is 0.279. The Bertz CT molecular complexity index is 583. The van der Waals surface area contributed by atoms with Crippen LogP contribution < -0.4 is 5.32 Å². The highest BCUT2D eigenvalue weighted by Gasteiger charge is 2.17. The van der Waals surface area contributed by atoms with Crippen molar-refractivity contribution in [3.63, 3.8) is 0 Å². The average Bonchev–Trinajstić information content (AvgIpc) is 2.93. The molecule has 1 unspecified atom stereocenters. The van der Waals surface area contributed by atoms with Gasteiger partial charge >= 0.3 is 0 Å². The second-order valence-corrected chi connectivity index (χ2v) is 7.11. The van der Waals surface area contributed by atoms with Crippen molar-refractivity contribution in [3.05, 3.63) is 50.0 Å². The zero-order chi connectivity index (χ0) is 15.2. The summed E-state index contributed by atoms with van der Waals surface area (Å²) < 4.78 is 4.63. The molecule has 21 heavy (non-hydrogen) atoms. The Labute approximate surface area is 148 Å². The topological polar surface area (TPSA) is 29.9 Å². The molecule has 0 spiro atoms. The van der Waals surface area contributed by atoms with E-state index in [9.17, 15) is 0 Å². The number of hydrogen-bond acceptors (Lipinski definition) is 2. The van der Waals surface area contributed by atoms with Crippen LogP contribution in [0, 0.1) is 3.57 Å². The standard InChI is InChI=1S/C16H21BrIN3/c1-3-7-19-15(11-16-20-8-9-21(16)4-2)13-10-12(18)5-6-14(13)17/h5-6,8-10,15,19H,3-4,7,11H2,1-2H3. The summed E-state index contributed by atoms with van der Waals surface area (Å²) >= 11 is 6.06. The quantitative estimate of drug-likeness (QED) is 0.613. The molecule has 0 radical (unpaired) electrons. The number of aromatic nitrogens is 2. The van der Waals surface area contributed by atoms with Gasteiger partial charge in [0.2, 0.25) is 0 Å². The molecule has 0 aliphatic heterocycles. The Balaban J connectivity index is 2.27. The number of aryl methyl sites for hydroxylation is 1. The number of imidazole rings is 1. The van der Waals surface area contributed by atoms with E-state index in [2.05, 4.69) is 91.6 Å². The zero-order valence-corrected chi connectivity index (χ0v) is 16.2. The SMILES string of the molecule is CCCNC(Cc1nccn1CC)c1cc(I)ccc1Br. The van der Waals surface area contributed by atoms with Crippen molar-refractivity contribution in [3.8, 4) is 0 Å². The van der Waals surface area contributed by atoms with E-state index in [4.69, 9.17) is 0 Å². The Morgan fingerprint density at radius 2 is 2.19 bits per heavy atom. The predicted molar refractivity (Wildman–Crippen MR) is 99.5 cm³/mol. The molecule has 0 saturated carbocycles. The van der Waals surface area contributed by atoms with Crippen molar-refractivity contribution in [2.24, 2.45) is 0 Å². The molecule has 3 nitrogen and oxygen atoms in total. The molecule has 1 N–H and O–H groups in total. The van der Waals surface area contributed by atoms with Crippen molar-refractivity contribution in [2.45, 2.75) is 39.3 Å². The maximum Gasteiger partial charge on any atom is 0.110 e. The van der Waals surface area contributed by atoms with Gasteiger partial charge in [0.25, 0.3) is 0 Å². The van der Waals surface area contributed by atoms with Crippen LogP contribution in [0.15, 0.2) is 35.1 Å². The van der Waals surface area contributed by atoms with Crippen LogP contribution in [0.25, 0.3) is 0 Å². The van der Waals surface area contributed by atoms with Crippen molar-refractivity contribution >= 4 is 38.5 Å². The highest BCUT2D eigenvalue weighted by Crippen LogP contribution is 2.27. The van der Waals surface area contributed by atoms with E-state index in [0.717, 1.165) is 36.2 Å². The van der Waals surface area contributed by atoms with Gasteiger partial charge in [0.1, 0.15) is 5.82 Å². The van der Waals surface area contributed by atoms with Crippen LogP contribution in [-0.4, -0.2) is 16.1 Å². The van der Waals surface area contributed by atoms with E-state index in [-0.39, 0.29) is 6.04 Å². The molecule has 5 heteroatoms. The Morgan fingerprint density at radius 1 is 1.38 bits per heavy atom. The third kappa shape index (κ3) is 4.53. The fourth-order valence-electron chi connectivity index (χ4n) is 2.39. The molecule has 0 aliphatic carbocycles. The lowest BCUT2D eigenvalue weighted by molar-refractivity contribution is 0.505. The van der Waals surface area contributed by atoms with Gasteiger partial charge in [-0.3, -0.25) is 0 Å². The van der Waals surface area contributed by atoms with Gasteiger partial charge in [-0.2, -0.15) is 0 Å². The molecule has 0 fully saturated rings. The first-order valence-electron chi connectivity index (χ1n) is 7.34. The molecular weight excluding hydrogens is 441 g/mol. The van der Waals surface area contributed by atoms with Crippen molar-refractivity contribution < 1.29 is 0 Å². The molecule has 1 aromatic carbocycles. The number of halogens is 2. The van der Waals surface area contributed by atoms with Crippen LogP contribution in [0.5, 0.6) is 0 Å². The maximum atomic E-state index is 4.52. The summed E-state index contributed by atoms with van der Waals surface area (Å²) in [6.07, 6.45) is 5.97. The highest BCUT2D eigenvalue weighted by atomic mass is 127. The van der Waals surface area contributed by atoms with Gasteiger partial charge in [-0.25, -0.2) is 4.98 Å². The van der Waals surface area contributed by atoms with Crippen LogP contribution in [0.1, 0.15) is 37.7 Å². The Hall–Kier alpha value is -0.400. The number of benzene rings is 1. The average molecular weight is 462 g/mol. The first-order valence-corrected chi connectivity index (χ1v) is 9.21. The van der Waals surface area contributed by atoms with Gasteiger partial charge in [0, 0.05) is 39.4 Å². The molecule has 1 heterocycles. The summed E-state index contributed by atoms with van der Waals surface area (Å²) in [7, 11) is 0. The van der Waals surface area contributed by atoms with Crippen LogP contribution in [0.2, 0.25) is 0 Å². The molecule has 2 aromatic rings. The molecule has 2 rings (SSSR count). The first-order chi connectivity index (χ1) is 10.2. The van der Waals surface area contributed by atoms with Crippen LogP contribution in [0.3, 0.4) is 0 Å². The molecule has 114 valence electrons. The molecular formula is C16H21BrIN3. The lowest BCUT2D eigenvalue weighted by atomic mass is 10.0. The molecule has 1 atom stereocenters. The number of rotatable bonds is 7. The van der Waals surface area contributed by atoms with Gasteiger partial charge < -0.3 is 9.88 Å². The fourth-order valence-corrected chi connectivity index (χ4v) is 3.43. The van der Waals surface area contributed by atoms with Crippen molar-refractivity contribution in [1.82, 2.24) is 14.9 Å². The highest BCUT2D eigenvalue weighted by molar-refractivity contribution is 14.1. The normalized spacial score (nSPS) is 12.6. The Kier molecular flexibility index (Phi) is 6.70. The third-order valence-electron chi connectivity index (χ3n) is 3.50. The lowest BCUT2D eigenvalue weighted by Gasteiger charge is -2.21. The first kappa shape index (κ1) is 17.0. The van der Waals surface area contributed by atoms with Crippen LogP contribution in [-0.2, 0) is 13.0 Å². The van der Waals surface area contributed by atoms with E-state index < -0.39 is 0 Å². The molecule has 0 saturated heterocycles. The smallest absolute Gasteiger partial charge is 0.110 e. The largest absolute Gasteiger partial charge is 0.335 e. The van der Waals surface area contributed by atoms with Gasteiger partial charge in [0.15, 0.2) is 0 Å². The Morgan fingerprint density at radius 3 is 2.90 bits per heavy atom. The second-order valence-electron chi connectivity index (χ2n) is 5.01. The fraction of sp³-hybridized carbons (Fsp3) is 0.438. The van der Waals surface area contributed by atoms with Crippen LogP contribution in [0.4, 0.5) is 0 Å². The summed E-state index contributed by atoms with van der Waals surface area (Å²) in [5.41, 5.74) is 1.31. The number of nitrogens with zero attached hydrogens (tertiary/aromatic N) is 2. The van der Waals surface area contributed by atoms with Gasteiger partial charge in [-0.1, -0.05) is 22.9 Å².